The number of carboxylic acid groups (broad SMARTS) is 1. The monoisotopic (exact) mass is 358 g/mol. The number of carboxylic acids is 1. The Kier molecular flexibility index (Phi) is 4.76. The number of hydrogen-bond donors (Lipinski definition) is 1. The summed E-state index contributed by atoms with van der Waals surface area (Å²) in [5, 5.41) is 9.96. The van der Waals surface area contributed by atoms with Gasteiger partial charge in [0.2, 0.25) is 0 Å². The molecule has 2 aromatic carbocycles. The summed E-state index contributed by atoms with van der Waals surface area (Å²) in [4.78, 5) is 22.2. The predicted molar refractivity (Wildman–Crippen MR) is 94.3 cm³/mol. The van der Waals surface area contributed by atoms with Gasteiger partial charge in [-0.1, -0.05) is 35.9 Å². The first-order valence-corrected chi connectivity index (χ1v) is 7.96. The van der Waals surface area contributed by atoms with Crippen LogP contribution < -0.4 is 10.4 Å². The highest BCUT2D eigenvalue weighted by molar-refractivity contribution is 6.32. The van der Waals surface area contributed by atoms with Crippen LogP contribution in [0.5, 0.6) is 5.75 Å². The molecule has 0 spiro atoms. The largest absolute Gasteiger partial charge is 0.487 e. The highest BCUT2D eigenvalue weighted by Gasteiger charge is 2.09. The van der Waals surface area contributed by atoms with E-state index in [1.54, 1.807) is 36.4 Å². The van der Waals surface area contributed by atoms with Gasteiger partial charge in [-0.05, 0) is 29.7 Å². The molecular formula is C19H15ClO5. The Labute approximate surface area is 148 Å². The van der Waals surface area contributed by atoms with Gasteiger partial charge in [-0.2, -0.15) is 0 Å². The maximum Gasteiger partial charge on any atom is 0.336 e. The highest BCUT2D eigenvalue weighted by atomic mass is 35.5. The molecular weight excluding hydrogens is 344 g/mol. The smallest absolute Gasteiger partial charge is 0.336 e. The Balaban J connectivity index is 1.80. The molecule has 6 heteroatoms. The molecule has 0 fully saturated rings. The average Bonchev–Trinajstić information content (AvgIpc) is 2.54. The van der Waals surface area contributed by atoms with Gasteiger partial charge in [-0.15, -0.1) is 0 Å². The topological polar surface area (TPSA) is 76.7 Å². The molecule has 0 aliphatic rings. The molecule has 0 saturated carbocycles. The zero-order chi connectivity index (χ0) is 18.0. The van der Waals surface area contributed by atoms with Crippen molar-refractivity contribution < 1.29 is 19.1 Å². The average molecular weight is 359 g/mol. The van der Waals surface area contributed by atoms with Crippen molar-refractivity contribution in [2.24, 2.45) is 0 Å². The van der Waals surface area contributed by atoms with Gasteiger partial charge in [0.15, 0.2) is 0 Å². The lowest BCUT2D eigenvalue weighted by molar-refractivity contribution is -0.136. The van der Waals surface area contributed by atoms with Gasteiger partial charge in [0, 0.05) is 17.5 Å². The fourth-order valence-corrected chi connectivity index (χ4v) is 2.74. The van der Waals surface area contributed by atoms with Gasteiger partial charge in [0.25, 0.3) is 0 Å². The van der Waals surface area contributed by atoms with Crippen LogP contribution in [0.3, 0.4) is 0 Å². The first-order valence-electron chi connectivity index (χ1n) is 7.59. The maximum atomic E-state index is 11.5. The summed E-state index contributed by atoms with van der Waals surface area (Å²) < 4.78 is 10.9. The van der Waals surface area contributed by atoms with Gasteiger partial charge in [-0.25, -0.2) is 4.79 Å². The van der Waals surface area contributed by atoms with Crippen LogP contribution in [0.2, 0.25) is 5.02 Å². The molecule has 0 radical (unpaired) electrons. The molecule has 1 N–H and O–H groups in total. The fourth-order valence-electron chi connectivity index (χ4n) is 2.52. The Morgan fingerprint density at radius 1 is 1.16 bits per heavy atom. The van der Waals surface area contributed by atoms with Gasteiger partial charge in [-0.3, -0.25) is 4.79 Å². The summed E-state index contributed by atoms with van der Waals surface area (Å²) >= 11 is 6.25. The predicted octanol–water partition coefficient (Wildman–Crippen LogP) is 3.96. The van der Waals surface area contributed by atoms with E-state index < -0.39 is 11.6 Å². The molecule has 1 heterocycles. The first kappa shape index (κ1) is 17.0. The lowest BCUT2D eigenvalue weighted by atomic mass is 10.1. The fraction of sp³-hybridized carbons (Fsp3) is 0.158. The van der Waals surface area contributed by atoms with E-state index in [0.717, 1.165) is 22.1 Å². The third kappa shape index (κ3) is 4.00. The van der Waals surface area contributed by atoms with Gasteiger partial charge < -0.3 is 14.3 Å². The van der Waals surface area contributed by atoms with Crippen molar-refractivity contribution in [2.75, 3.05) is 0 Å². The van der Waals surface area contributed by atoms with Crippen LogP contribution in [0.25, 0.3) is 11.0 Å². The van der Waals surface area contributed by atoms with E-state index >= 15 is 0 Å². The molecule has 0 atom stereocenters. The summed E-state index contributed by atoms with van der Waals surface area (Å²) in [7, 11) is 0. The lowest BCUT2D eigenvalue weighted by Crippen LogP contribution is -2.01. The first-order chi connectivity index (χ1) is 11.9. The molecule has 25 heavy (non-hydrogen) atoms. The van der Waals surface area contributed by atoms with Crippen LogP contribution in [0, 0.1) is 6.92 Å². The Morgan fingerprint density at radius 3 is 2.52 bits per heavy atom. The Morgan fingerprint density at radius 2 is 1.84 bits per heavy atom. The minimum absolute atomic E-state index is 0.0178. The highest BCUT2D eigenvalue weighted by Crippen LogP contribution is 2.31. The van der Waals surface area contributed by atoms with Crippen molar-refractivity contribution in [1.82, 2.24) is 0 Å². The zero-order valence-electron chi connectivity index (χ0n) is 13.4. The normalized spacial score (nSPS) is 10.8. The number of carbonyl (C=O) groups is 1. The van der Waals surface area contributed by atoms with Crippen molar-refractivity contribution in [3.05, 3.63) is 74.6 Å². The van der Waals surface area contributed by atoms with Crippen LogP contribution in [0.15, 0.2) is 51.7 Å². The van der Waals surface area contributed by atoms with Gasteiger partial charge >= 0.3 is 11.6 Å². The van der Waals surface area contributed by atoms with Gasteiger partial charge in [0.1, 0.15) is 17.9 Å². The van der Waals surface area contributed by atoms with Crippen molar-refractivity contribution in [3.63, 3.8) is 0 Å². The molecule has 3 aromatic rings. The SMILES string of the molecule is Cc1cc(=O)oc2cc(OCc3ccc(CC(=O)O)cc3)c(Cl)cc12. The van der Waals surface area contributed by atoms with E-state index in [0.29, 0.717) is 16.4 Å². The van der Waals surface area contributed by atoms with Crippen LogP contribution in [-0.4, -0.2) is 11.1 Å². The molecule has 0 bridgehead atoms. The molecule has 5 nitrogen and oxygen atoms in total. The molecule has 0 amide bonds. The number of halogens is 1. The molecule has 0 saturated heterocycles. The lowest BCUT2D eigenvalue weighted by Gasteiger charge is -2.10. The summed E-state index contributed by atoms with van der Waals surface area (Å²) in [5.74, 6) is -0.457. The minimum atomic E-state index is -0.872. The number of benzene rings is 2. The van der Waals surface area contributed by atoms with Crippen molar-refractivity contribution in [2.45, 2.75) is 20.0 Å². The third-order valence-corrected chi connectivity index (χ3v) is 4.07. The van der Waals surface area contributed by atoms with Crippen molar-refractivity contribution >= 4 is 28.5 Å². The van der Waals surface area contributed by atoms with E-state index in [-0.39, 0.29) is 13.0 Å². The van der Waals surface area contributed by atoms with Crippen LogP contribution in [0.1, 0.15) is 16.7 Å². The van der Waals surface area contributed by atoms with E-state index in [1.807, 2.05) is 6.92 Å². The summed E-state index contributed by atoms with van der Waals surface area (Å²) in [6, 6.07) is 11.8. The second-order valence-electron chi connectivity index (χ2n) is 5.70. The van der Waals surface area contributed by atoms with E-state index in [4.69, 9.17) is 25.9 Å². The van der Waals surface area contributed by atoms with Crippen LogP contribution in [0.4, 0.5) is 0 Å². The second kappa shape index (κ2) is 6.99. The Hall–Kier alpha value is -2.79. The quantitative estimate of drug-likeness (QED) is 0.698. The molecule has 128 valence electrons. The molecule has 3 rings (SSSR count). The van der Waals surface area contributed by atoms with E-state index in [9.17, 15) is 9.59 Å². The van der Waals surface area contributed by atoms with Crippen molar-refractivity contribution in [1.29, 1.82) is 0 Å². The molecule has 1 aromatic heterocycles. The van der Waals surface area contributed by atoms with Crippen molar-refractivity contribution in [3.8, 4) is 5.75 Å². The summed E-state index contributed by atoms with van der Waals surface area (Å²) in [6.45, 7) is 2.07. The maximum absolute atomic E-state index is 11.5. The number of fused-ring (bicyclic) bond motifs is 1. The zero-order valence-corrected chi connectivity index (χ0v) is 14.2. The van der Waals surface area contributed by atoms with Crippen LogP contribution in [-0.2, 0) is 17.8 Å². The number of rotatable bonds is 5. The number of aryl methyl sites for hydroxylation is 1. The third-order valence-electron chi connectivity index (χ3n) is 3.78. The number of hydrogen-bond acceptors (Lipinski definition) is 4. The Bertz CT molecular complexity index is 989. The van der Waals surface area contributed by atoms with E-state index in [2.05, 4.69) is 0 Å². The van der Waals surface area contributed by atoms with Gasteiger partial charge in [0.05, 0.1) is 11.4 Å². The number of ether oxygens (including phenoxy) is 1. The molecule has 0 aliphatic heterocycles. The van der Waals surface area contributed by atoms with E-state index in [1.165, 1.54) is 6.07 Å². The number of aliphatic carboxylic acids is 1. The standard InChI is InChI=1S/C19H15ClO5/c1-11-6-19(23)25-16-9-17(15(20)8-14(11)16)24-10-13-4-2-12(3-5-13)7-18(21)22/h2-6,8-9H,7,10H2,1H3,(H,21,22). The minimum Gasteiger partial charge on any atom is -0.487 e. The summed E-state index contributed by atoms with van der Waals surface area (Å²) in [5.41, 5.74) is 2.37. The second-order valence-corrected chi connectivity index (χ2v) is 6.11. The summed E-state index contributed by atoms with van der Waals surface area (Å²) in [6.07, 6.45) is -0.0178. The van der Waals surface area contributed by atoms with Crippen LogP contribution >= 0.6 is 11.6 Å². The molecule has 0 unspecified atom stereocenters. The molecule has 0 aliphatic carbocycles.